The Kier molecular flexibility index (Phi) is 7.37. The fourth-order valence-corrected chi connectivity index (χ4v) is 4.49. The van der Waals surface area contributed by atoms with E-state index in [2.05, 4.69) is 31.2 Å². The molecule has 0 radical (unpaired) electrons. The van der Waals surface area contributed by atoms with Gasteiger partial charge >= 0.3 is 0 Å². The van der Waals surface area contributed by atoms with E-state index in [0.29, 0.717) is 20.7 Å². The maximum absolute atomic E-state index is 12.3. The molecule has 0 saturated heterocycles. The summed E-state index contributed by atoms with van der Waals surface area (Å²) in [7, 11) is -3.88. The summed E-state index contributed by atoms with van der Waals surface area (Å²) in [6, 6.07) is 12.3. The highest BCUT2D eigenvalue weighted by Gasteiger charge is 2.16. The molecule has 1 aromatic heterocycles. The molecule has 1 heterocycles. The molecule has 0 atom stereocenters. The van der Waals surface area contributed by atoms with E-state index in [1.807, 2.05) is 6.07 Å². The number of carbonyl (C=O) groups excluding carboxylic acids is 1. The smallest absolute Gasteiger partial charge is 0.270 e. The molecule has 0 unspecified atom stereocenters. The van der Waals surface area contributed by atoms with E-state index in [-0.39, 0.29) is 27.1 Å². The third kappa shape index (κ3) is 5.76. The lowest BCUT2D eigenvalue weighted by Gasteiger charge is -2.09. The van der Waals surface area contributed by atoms with Crippen LogP contribution < -0.4 is 16.0 Å². The lowest BCUT2D eigenvalue weighted by atomic mass is 10.1. The molecule has 0 aliphatic carbocycles. The third-order valence-electron chi connectivity index (χ3n) is 4.01. The van der Waals surface area contributed by atoms with Gasteiger partial charge in [0.2, 0.25) is 15.9 Å². The van der Waals surface area contributed by atoms with Gasteiger partial charge in [0.1, 0.15) is 11.6 Å². The number of sulfonamides is 1. The van der Waals surface area contributed by atoms with Crippen LogP contribution in [0.5, 0.6) is 0 Å². The van der Waals surface area contributed by atoms with Gasteiger partial charge in [-0.1, -0.05) is 35.5 Å². The minimum absolute atomic E-state index is 0.106. The summed E-state index contributed by atoms with van der Waals surface area (Å²) in [6.07, 6.45) is 0. The van der Waals surface area contributed by atoms with Crippen molar-refractivity contribution in [3.05, 3.63) is 67.9 Å². The number of aromatic nitrogens is 2. The van der Waals surface area contributed by atoms with Gasteiger partial charge in [0.05, 0.1) is 22.0 Å². The summed E-state index contributed by atoms with van der Waals surface area (Å²) in [5.41, 5.74) is 0.266. The number of aromatic amines is 1. The van der Waals surface area contributed by atoms with Crippen LogP contribution in [0.2, 0.25) is 5.02 Å². The van der Waals surface area contributed by atoms with Gasteiger partial charge in [0, 0.05) is 15.1 Å². The molecule has 0 saturated carbocycles. The molecule has 13 heteroatoms. The molecule has 9 nitrogen and oxygen atoms in total. The van der Waals surface area contributed by atoms with E-state index in [0.717, 1.165) is 11.8 Å². The maximum atomic E-state index is 12.3. The van der Waals surface area contributed by atoms with Gasteiger partial charge in [0.15, 0.2) is 5.16 Å². The van der Waals surface area contributed by atoms with Crippen molar-refractivity contribution < 1.29 is 13.2 Å². The number of carbonyl (C=O) groups is 1. The number of nitriles is 1. The topological polar surface area (TPSA) is 159 Å². The lowest BCUT2D eigenvalue weighted by molar-refractivity contribution is -0.113. The van der Waals surface area contributed by atoms with Crippen molar-refractivity contribution in [1.29, 1.82) is 5.26 Å². The zero-order chi connectivity index (χ0) is 23.5. The van der Waals surface area contributed by atoms with Crippen molar-refractivity contribution in [2.45, 2.75) is 10.1 Å². The van der Waals surface area contributed by atoms with Gasteiger partial charge in [-0.3, -0.25) is 9.59 Å². The number of nitrogens with two attached hydrogens (primary N) is 1. The van der Waals surface area contributed by atoms with Gasteiger partial charge in [-0.2, -0.15) is 5.26 Å². The average Bonchev–Trinajstić information content (AvgIpc) is 2.73. The largest absolute Gasteiger partial charge is 0.324 e. The Morgan fingerprint density at radius 2 is 1.97 bits per heavy atom. The van der Waals surface area contributed by atoms with Crippen LogP contribution in [0.4, 0.5) is 5.69 Å². The van der Waals surface area contributed by atoms with Crippen LogP contribution >= 0.6 is 39.3 Å². The summed E-state index contributed by atoms with van der Waals surface area (Å²) in [5.74, 6) is -0.544. The van der Waals surface area contributed by atoms with Crippen molar-refractivity contribution in [1.82, 2.24) is 9.97 Å². The number of nitrogens with zero attached hydrogens (tertiary/aromatic N) is 2. The van der Waals surface area contributed by atoms with E-state index in [1.165, 1.54) is 18.2 Å². The minimum Gasteiger partial charge on any atom is -0.324 e. The molecular weight excluding hydrogens is 542 g/mol. The monoisotopic (exact) mass is 553 g/mol. The number of primary sulfonamides is 1. The Hall–Kier alpha value is -2.69. The molecule has 3 rings (SSSR count). The number of nitrogens with one attached hydrogen (secondary N) is 2. The lowest BCUT2D eigenvalue weighted by Crippen LogP contribution is -2.18. The first kappa shape index (κ1) is 24.0. The molecule has 1 amide bonds. The van der Waals surface area contributed by atoms with Crippen LogP contribution in [0.3, 0.4) is 0 Å². The average molecular weight is 555 g/mol. The number of benzene rings is 2. The first-order valence-electron chi connectivity index (χ1n) is 8.64. The number of amides is 1. The van der Waals surface area contributed by atoms with Crippen LogP contribution in [0.15, 0.2) is 61.8 Å². The minimum atomic E-state index is -3.88. The molecule has 0 aliphatic rings. The first-order valence-corrected chi connectivity index (χ1v) is 12.3. The van der Waals surface area contributed by atoms with E-state index in [1.54, 1.807) is 24.3 Å². The third-order valence-corrected chi connectivity index (χ3v) is 6.70. The highest BCUT2D eigenvalue weighted by molar-refractivity contribution is 9.10. The molecule has 0 aliphatic heterocycles. The van der Waals surface area contributed by atoms with Crippen LogP contribution in [-0.2, 0) is 14.8 Å². The molecule has 4 N–H and O–H groups in total. The van der Waals surface area contributed by atoms with E-state index < -0.39 is 21.5 Å². The number of rotatable bonds is 6. The highest BCUT2D eigenvalue weighted by atomic mass is 79.9. The Labute approximate surface area is 200 Å². The normalized spacial score (nSPS) is 11.1. The van der Waals surface area contributed by atoms with Gasteiger partial charge < -0.3 is 10.3 Å². The molecule has 32 heavy (non-hydrogen) atoms. The van der Waals surface area contributed by atoms with Gasteiger partial charge in [-0.15, -0.1) is 0 Å². The summed E-state index contributed by atoms with van der Waals surface area (Å²) in [6.45, 7) is 0. The Morgan fingerprint density at radius 1 is 1.28 bits per heavy atom. The van der Waals surface area contributed by atoms with Gasteiger partial charge in [-0.05, 0) is 46.3 Å². The molecule has 164 valence electrons. The molecule has 0 spiro atoms. The van der Waals surface area contributed by atoms with Crippen LogP contribution in [-0.4, -0.2) is 30.0 Å². The molecule has 2 aromatic carbocycles. The highest BCUT2D eigenvalue weighted by Crippen LogP contribution is 2.26. The van der Waals surface area contributed by atoms with Gasteiger partial charge in [-0.25, -0.2) is 18.5 Å². The Bertz CT molecular complexity index is 1400. The number of thioether (sulfide) groups is 1. The molecule has 0 fully saturated rings. The van der Waals surface area contributed by atoms with Crippen LogP contribution in [0, 0.1) is 11.3 Å². The fourth-order valence-electron chi connectivity index (χ4n) is 2.54. The number of H-pyrrole nitrogens is 1. The number of halogens is 2. The van der Waals surface area contributed by atoms with Crippen molar-refractivity contribution in [3.8, 4) is 17.3 Å². The maximum Gasteiger partial charge on any atom is 0.270 e. The van der Waals surface area contributed by atoms with Crippen LogP contribution in [0.1, 0.15) is 5.56 Å². The number of hydrogen-bond acceptors (Lipinski definition) is 7. The SMILES string of the molecule is N#Cc1c(-c2ccc(Cl)cc2)nc(SCC(=O)Nc2ccc(S(N)(=O)=O)cc2Br)[nH]c1=O. The molecule has 0 bridgehead atoms. The van der Waals surface area contributed by atoms with Crippen molar-refractivity contribution >= 4 is 60.9 Å². The number of hydrogen-bond donors (Lipinski definition) is 3. The van der Waals surface area contributed by atoms with Gasteiger partial charge in [0.25, 0.3) is 5.56 Å². The molecular formula is C19H13BrClN5O4S2. The van der Waals surface area contributed by atoms with E-state index in [9.17, 15) is 23.3 Å². The Balaban J connectivity index is 1.77. The summed E-state index contributed by atoms with van der Waals surface area (Å²) in [4.78, 5) is 31.3. The van der Waals surface area contributed by atoms with E-state index in [4.69, 9.17) is 16.7 Å². The number of anilines is 1. The zero-order valence-corrected chi connectivity index (χ0v) is 19.9. The van der Waals surface area contributed by atoms with Crippen molar-refractivity contribution in [3.63, 3.8) is 0 Å². The summed E-state index contributed by atoms with van der Waals surface area (Å²) >= 11 is 10.0. The predicted molar refractivity (Wildman–Crippen MR) is 125 cm³/mol. The summed E-state index contributed by atoms with van der Waals surface area (Å²) < 4.78 is 23.1. The van der Waals surface area contributed by atoms with Crippen molar-refractivity contribution in [2.24, 2.45) is 5.14 Å². The zero-order valence-electron chi connectivity index (χ0n) is 15.9. The predicted octanol–water partition coefficient (Wildman–Crippen LogP) is 3.10. The summed E-state index contributed by atoms with van der Waals surface area (Å²) in [5, 5.41) is 17.7. The Morgan fingerprint density at radius 3 is 2.56 bits per heavy atom. The second-order valence-corrected chi connectivity index (χ2v) is 10.1. The quantitative estimate of drug-likeness (QED) is 0.312. The van der Waals surface area contributed by atoms with Crippen molar-refractivity contribution in [2.75, 3.05) is 11.1 Å². The van der Waals surface area contributed by atoms with E-state index >= 15 is 0 Å². The first-order chi connectivity index (χ1) is 15.1. The standard InChI is InChI=1S/C19H13BrClN5O4S2/c20-14-7-12(32(23,29)30)5-6-15(14)24-16(27)9-31-19-25-17(13(8-22)18(28)26-19)10-1-3-11(21)4-2-10/h1-7H,9H2,(H,24,27)(H2,23,29,30)(H,25,26,28). The fraction of sp³-hybridized carbons (Fsp3) is 0.0526. The second-order valence-electron chi connectivity index (χ2n) is 6.24. The molecule has 3 aromatic rings. The van der Waals surface area contributed by atoms with Crippen LogP contribution in [0.25, 0.3) is 11.3 Å². The second kappa shape index (κ2) is 9.85.